The third kappa shape index (κ3) is 1.63. The summed E-state index contributed by atoms with van der Waals surface area (Å²) in [5, 5.41) is 2.93. The van der Waals surface area contributed by atoms with Crippen molar-refractivity contribution in [2.45, 2.75) is 18.9 Å². The maximum atomic E-state index is 11.7. The Morgan fingerprint density at radius 1 is 1.27 bits per heavy atom. The standard InChI is InChI=1S/C11H11NO3/c13-11(12-8-2-3-8)7-1-4-9-10(5-7)15-6-14-9/h1,4-5,8H,2-3,6H2,(H,12,13). The van der Waals surface area contributed by atoms with Gasteiger partial charge in [0.2, 0.25) is 6.79 Å². The van der Waals surface area contributed by atoms with Crippen molar-refractivity contribution in [1.82, 2.24) is 5.32 Å². The minimum Gasteiger partial charge on any atom is -0.454 e. The lowest BCUT2D eigenvalue weighted by Gasteiger charge is -2.03. The molecule has 1 heterocycles. The van der Waals surface area contributed by atoms with Gasteiger partial charge in [-0.05, 0) is 31.0 Å². The molecule has 0 unspecified atom stereocenters. The number of rotatable bonds is 2. The number of fused-ring (bicyclic) bond motifs is 1. The molecule has 1 N–H and O–H groups in total. The van der Waals surface area contributed by atoms with E-state index in [-0.39, 0.29) is 12.7 Å². The first kappa shape index (κ1) is 8.59. The maximum Gasteiger partial charge on any atom is 0.251 e. The first-order valence-corrected chi connectivity index (χ1v) is 5.03. The summed E-state index contributed by atoms with van der Waals surface area (Å²) < 4.78 is 10.4. The van der Waals surface area contributed by atoms with Crippen LogP contribution >= 0.6 is 0 Å². The monoisotopic (exact) mass is 205 g/mol. The number of benzene rings is 1. The predicted molar refractivity (Wildman–Crippen MR) is 53.1 cm³/mol. The molecule has 1 aliphatic heterocycles. The van der Waals surface area contributed by atoms with E-state index < -0.39 is 0 Å². The molecule has 4 nitrogen and oxygen atoms in total. The van der Waals surface area contributed by atoms with Gasteiger partial charge in [-0.2, -0.15) is 0 Å². The molecule has 78 valence electrons. The number of amides is 1. The lowest BCUT2D eigenvalue weighted by Crippen LogP contribution is -2.25. The highest BCUT2D eigenvalue weighted by Gasteiger charge is 2.24. The zero-order chi connectivity index (χ0) is 10.3. The van der Waals surface area contributed by atoms with Gasteiger partial charge in [-0.1, -0.05) is 0 Å². The number of hydrogen-bond donors (Lipinski definition) is 1. The Morgan fingerprint density at radius 3 is 2.87 bits per heavy atom. The second-order valence-corrected chi connectivity index (χ2v) is 3.82. The van der Waals surface area contributed by atoms with E-state index >= 15 is 0 Å². The predicted octanol–water partition coefficient (Wildman–Crippen LogP) is 1.31. The Hall–Kier alpha value is -1.71. The van der Waals surface area contributed by atoms with Crippen LogP contribution in [0.5, 0.6) is 11.5 Å². The van der Waals surface area contributed by atoms with E-state index in [2.05, 4.69) is 5.32 Å². The fraction of sp³-hybridized carbons (Fsp3) is 0.364. The van der Waals surface area contributed by atoms with E-state index in [9.17, 15) is 4.79 Å². The fourth-order valence-corrected chi connectivity index (χ4v) is 1.53. The van der Waals surface area contributed by atoms with E-state index in [4.69, 9.17) is 9.47 Å². The van der Waals surface area contributed by atoms with E-state index in [1.165, 1.54) is 0 Å². The lowest BCUT2D eigenvalue weighted by atomic mass is 10.2. The quantitative estimate of drug-likeness (QED) is 0.791. The molecule has 0 bridgehead atoms. The molecule has 15 heavy (non-hydrogen) atoms. The zero-order valence-corrected chi connectivity index (χ0v) is 8.16. The van der Waals surface area contributed by atoms with Gasteiger partial charge in [-0.15, -0.1) is 0 Å². The summed E-state index contributed by atoms with van der Waals surface area (Å²) in [4.78, 5) is 11.7. The van der Waals surface area contributed by atoms with Crippen LogP contribution in [0.2, 0.25) is 0 Å². The van der Waals surface area contributed by atoms with Gasteiger partial charge >= 0.3 is 0 Å². The summed E-state index contributed by atoms with van der Waals surface area (Å²) in [6.45, 7) is 0.239. The fourth-order valence-electron chi connectivity index (χ4n) is 1.53. The molecule has 2 aliphatic rings. The second-order valence-electron chi connectivity index (χ2n) is 3.82. The SMILES string of the molecule is O=C(NC1CC1)c1ccc2c(c1)OCO2. The van der Waals surface area contributed by atoms with Gasteiger partial charge in [0, 0.05) is 11.6 Å². The van der Waals surface area contributed by atoms with Crippen molar-refractivity contribution in [1.29, 1.82) is 0 Å². The molecular formula is C11H11NO3. The van der Waals surface area contributed by atoms with Gasteiger partial charge in [0.1, 0.15) is 0 Å². The number of nitrogens with one attached hydrogen (secondary N) is 1. The number of ether oxygens (including phenoxy) is 2. The van der Waals surface area contributed by atoms with Crippen molar-refractivity contribution in [2.24, 2.45) is 0 Å². The first-order valence-electron chi connectivity index (χ1n) is 5.03. The van der Waals surface area contributed by atoms with Crippen molar-refractivity contribution >= 4 is 5.91 Å². The largest absolute Gasteiger partial charge is 0.454 e. The summed E-state index contributed by atoms with van der Waals surface area (Å²) in [6.07, 6.45) is 2.19. The van der Waals surface area contributed by atoms with Gasteiger partial charge in [0.15, 0.2) is 11.5 Å². The third-order valence-electron chi connectivity index (χ3n) is 2.55. The average molecular weight is 205 g/mol. The zero-order valence-electron chi connectivity index (χ0n) is 8.16. The summed E-state index contributed by atoms with van der Waals surface area (Å²) in [6, 6.07) is 5.62. The molecule has 4 heteroatoms. The van der Waals surface area contributed by atoms with Gasteiger partial charge in [0.25, 0.3) is 5.91 Å². The van der Waals surface area contributed by atoms with E-state index in [0.717, 1.165) is 12.8 Å². The Balaban J connectivity index is 1.82. The summed E-state index contributed by atoms with van der Waals surface area (Å²) >= 11 is 0. The first-order chi connectivity index (χ1) is 7.33. The van der Waals surface area contributed by atoms with Crippen LogP contribution in [0.3, 0.4) is 0 Å². The van der Waals surface area contributed by atoms with Crippen LogP contribution in [-0.4, -0.2) is 18.7 Å². The van der Waals surface area contributed by atoms with Gasteiger partial charge in [-0.3, -0.25) is 4.79 Å². The molecule has 1 fully saturated rings. The topological polar surface area (TPSA) is 47.6 Å². The number of carbonyl (C=O) groups is 1. The van der Waals surface area contributed by atoms with E-state index in [0.29, 0.717) is 23.1 Å². The molecule has 1 aliphatic carbocycles. The maximum absolute atomic E-state index is 11.7. The van der Waals surface area contributed by atoms with E-state index in [1.807, 2.05) is 0 Å². The van der Waals surface area contributed by atoms with Gasteiger partial charge in [-0.25, -0.2) is 0 Å². The third-order valence-corrected chi connectivity index (χ3v) is 2.55. The second kappa shape index (κ2) is 3.15. The molecule has 1 aromatic carbocycles. The van der Waals surface area contributed by atoms with Crippen molar-refractivity contribution in [3.63, 3.8) is 0 Å². The summed E-state index contributed by atoms with van der Waals surface area (Å²) in [7, 11) is 0. The molecule has 3 rings (SSSR count). The van der Waals surface area contributed by atoms with Crippen LogP contribution in [0, 0.1) is 0 Å². The molecule has 1 amide bonds. The molecule has 0 saturated heterocycles. The highest BCUT2D eigenvalue weighted by atomic mass is 16.7. The van der Waals surface area contributed by atoms with Crippen LogP contribution in [0.1, 0.15) is 23.2 Å². The van der Waals surface area contributed by atoms with Crippen LogP contribution in [-0.2, 0) is 0 Å². The van der Waals surface area contributed by atoms with Gasteiger partial charge in [0.05, 0.1) is 0 Å². The van der Waals surface area contributed by atoms with Crippen molar-refractivity contribution in [2.75, 3.05) is 6.79 Å². The number of hydrogen-bond acceptors (Lipinski definition) is 3. The highest BCUT2D eigenvalue weighted by molar-refractivity contribution is 5.95. The minimum absolute atomic E-state index is 0.0317. The average Bonchev–Trinajstić information content (AvgIpc) is 2.94. The van der Waals surface area contributed by atoms with Gasteiger partial charge < -0.3 is 14.8 Å². The summed E-state index contributed by atoms with van der Waals surface area (Å²) in [5.74, 6) is 1.33. The van der Waals surface area contributed by atoms with Crippen molar-refractivity contribution < 1.29 is 14.3 Å². The smallest absolute Gasteiger partial charge is 0.251 e. The van der Waals surface area contributed by atoms with Crippen LogP contribution in [0.4, 0.5) is 0 Å². The van der Waals surface area contributed by atoms with Crippen molar-refractivity contribution in [3.8, 4) is 11.5 Å². The molecule has 1 aromatic rings. The molecule has 0 atom stereocenters. The Labute approximate surface area is 87.2 Å². The molecule has 0 spiro atoms. The number of carbonyl (C=O) groups excluding carboxylic acids is 1. The Bertz CT molecular complexity index is 412. The Morgan fingerprint density at radius 2 is 2.07 bits per heavy atom. The van der Waals surface area contributed by atoms with Crippen molar-refractivity contribution in [3.05, 3.63) is 23.8 Å². The normalized spacial score (nSPS) is 17.6. The van der Waals surface area contributed by atoms with Crippen LogP contribution in [0.15, 0.2) is 18.2 Å². The molecule has 0 radical (unpaired) electrons. The summed E-state index contributed by atoms with van der Waals surface area (Å²) in [5.41, 5.74) is 0.631. The highest BCUT2D eigenvalue weighted by Crippen LogP contribution is 2.32. The Kier molecular flexibility index (Phi) is 1.80. The van der Waals surface area contributed by atoms with E-state index in [1.54, 1.807) is 18.2 Å². The molecular weight excluding hydrogens is 194 g/mol. The lowest BCUT2D eigenvalue weighted by molar-refractivity contribution is 0.0950. The molecule has 1 saturated carbocycles. The molecule has 0 aromatic heterocycles. The van der Waals surface area contributed by atoms with Crippen LogP contribution in [0.25, 0.3) is 0 Å². The minimum atomic E-state index is -0.0317. The van der Waals surface area contributed by atoms with Crippen LogP contribution < -0.4 is 14.8 Å².